The van der Waals surface area contributed by atoms with Gasteiger partial charge < -0.3 is 28.8 Å². The minimum absolute atomic E-state index is 0.00817. The van der Waals surface area contributed by atoms with Crippen LogP contribution >= 0.6 is 0 Å². The van der Waals surface area contributed by atoms with Crippen molar-refractivity contribution in [3.63, 3.8) is 0 Å². The highest BCUT2D eigenvalue weighted by Crippen LogP contribution is 2.52. The van der Waals surface area contributed by atoms with Gasteiger partial charge in [0.1, 0.15) is 12.1 Å². The number of ether oxygens (including phenoxy) is 2. The van der Waals surface area contributed by atoms with E-state index in [1.54, 1.807) is 7.11 Å². The Balaban J connectivity index is 0.865. The Labute approximate surface area is 463 Å². The van der Waals surface area contributed by atoms with Gasteiger partial charge in [-0.25, -0.2) is 5.43 Å². The number of cyclic esters (lactones) is 1. The number of pyridine rings is 1. The summed E-state index contributed by atoms with van der Waals surface area (Å²) in [7, 11) is 1.70. The highest BCUT2D eigenvalue weighted by molar-refractivity contribution is 7.89. The number of fused-ring (bicyclic) bond motifs is 6. The van der Waals surface area contributed by atoms with Gasteiger partial charge >= 0.3 is 5.97 Å². The Bertz CT molecular complexity index is 3080. The van der Waals surface area contributed by atoms with Gasteiger partial charge in [-0.2, -0.15) is 0 Å². The van der Waals surface area contributed by atoms with Crippen LogP contribution in [0.15, 0.2) is 90.0 Å². The molecule has 0 radical (unpaired) electrons. The Morgan fingerprint density at radius 3 is 2.46 bits per heavy atom. The molecule has 7 heterocycles. The van der Waals surface area contributed by atoms with Crippen molar-refractivity contribution in [1.82, 2.24) is 39.4 Å². The molecule has 11 rings (SSSR count). The molecule has 4 saturated heterocycles. The molecule has 2 N–H and O–H groups in total. The highest BCUT2D eigenvalue weighted by Gasteiger charge is 2.67. The number of aryl methyl sites for hydroxylation is 2. The molecule has 414 valence electrons. The summed E-state index contributed by atoms with van der Waals surface area (Å²) in [5, 5.41) is 5.91. The summed E-state index contributed by atoms with van der Waals surface area (Å²) in [5.41, 5.74) is 11.7. The van der Waals surface area contributed by atoms with Crippen molar-refractivity contribution < 1.29 is 33.2 Å². The summed E-state index contributed by atoms with van der Waals surface area (Å²) >= 11 is -1.40. The van der Waals surface area contributed by atoms with E-state index in [-0.39, 0.29) is 60.3 Å². The number of rotatable bonds is 12. The molecule has 5 aliphatic heterocycles. The third kappa shape index (κ3) is 10.6. The molecule has 1 spiro atoms. The lowest BCUT2D eigenvalue weighted by Gasteiger charge is -2.37. The lowest BCUT2D eigenvalue weighted by atomic mass is 9.84. The van der Waals surface area contributed by atoms with Crippen LogP contribution in [-0.2, 0) is 59.4 Å². The van der Waals surface area contributed by atoms with Gasteiger partial charge in [-0.3, -0.25) is 34.1 Å². The number of carbonyl (C=O) groups is 4. The predicted octanol–water partition coefficient (Wildman–Crippen LogP) is 8.19. The first kappa shape index (κ1) is 54.3. The predicted molar refractivity (Wildman–Crippen MR) is 302 cm³/mol. The average molecular weight is 1080 g/mol. The maximum absolute atomic E-state index is 15.0. The third-order valence-electron chi connectivity index (χ3n) is 17.7. The van der Waals surface area contributed by atoms with E-state index in [2.05, 4.69) is 91.2 Å². The molecule has 1 unspecified atom stereocenters. The maximum atomic E-state index is 15.0. The number of hydrogen-bond donors (Lipinski definition) is 2. The number of carbonyl (C=O) groups excluding carboxylic acids is 4. The number of benzene rings is 3. The lowest BCUT2D eigenvalue weighted by molar-refractivity contribution is -0.155. The molecule has 3 aromatic carbocycles. The molecule has 3 amide bonds. The lowest BCUT2D eigenvalue weighted by Crippen LogP contribution is -2.62. The second kappa shape index (κ2) is 21.8. The van der Waals surface area contributed by atoms with Crippen molar-refractivity contribution in [1.29, 1.82) is 0 Å². The van der Waals surface area contributed by atoms with Gasteiger partial charge in [-0.1, -0.05) is 75.7 Å². The fraction of sp³-hybridized carbons (Fsp3) is 0.532. The number of hydrogen-bond acceptors (Lipinski definition) is 11. The number of nitrogens with one attached hydrogen (secondary N) is 2. The monoisotopic (exact) mass is 1080 g/mol. The first-order valence-electron chi connectivity index (χ1n) is 28.5. The van der Waals surface area contributed by atoms with Crippen molar-refractivity contribution >= 4 is 46.0 Å². The second-order valence-corrected chi connectivity index (χ2v) is 25.9. The van der Waals surface area contributed by atoms with Crippen molar-refractivity contribution in [2.24, 2.45) is 22.7 Å². The Hall–Kier alpha value is -5.62. The fourth-order valence-corrected chi connectivity index (χ4v) is 14.8. The minimum atomic E-state index is -1.40. The van der Waals surface area contributed by atoms with E-state index < -0.39 is 40.9 Å². The van der Waals surface area contributed by atoms with Crippen LogP contribution in [-0.4, -0.2) is 134 Å². The number of methoxy groups -OCH3 is 1. The summed E-state index contributed by atoms with van der Waals surface area (Å²) in [5.74, 6) is -0.547. The van der Waals surface area contributed by atoms with Gasteiger partial charge in [-0.05, 0) is 143 Å². The Kier molecular flexibility index (Phi) is 15.2. The number of esters is 1. The van der Waals surface area contributed by atoms with Crippen LogP contribution in [0.25, 0.3) is 33.3 Å². The molecule has 78 heavy (non-hydrogen) atoms. The molecule has 5 aromatic rings. The van der Waals surface area contributed by atoms with Gasteiger partial charge in [0.05, 0.1) is 47.5 Å². The molecular weight excluding hydrogens is 1000 g/mol. The molecule has 6 bridgehead atoms. The van der Waals surface area contributed by atoms with Crippen LogP contribution in [0.1, 0.15) is 109 Å². The molecule has 1 saturated carbocycles. The molecule has 15 nitrogen and oxygen atoms in total. The van der Waals surface area contributed by atoms with Gasteiger partial charge in [0.25, 0.3) is 5.91 Å². The van der Waals surface area contributed by atoms with Crippen LogP contribution in [0.3, 0.4) is 0 Å². The van der Waals surface area contributed by atoms with Gasteiger partial charge in [0.15, 0.2) is 10.9 Å². The number of aromatic nitrogens is 2. The zero-order valence-corrected chi connectivity index (χ0v) is 47.6. The van der Waals surface area contributed by atoms with E-state index in [1.807, 2.05) is 71.7 Å². The van der Waals surface area contributed by atoms with E-state index in [4.69, 9.17) is 14.5 Å². The largest absolute Gasteiger partial charge is 0.593 e. The first-order valence-corrected chi connectivity index (χ1v) is 29.6. The summed E-state index contributed by atoms with van der Waals surface area (Å²) < 4.78 is 30.2. The Morgan fingerprint density at radius 2 is 1.72 bits per heavy atom. The van der Waals surface area contributed by atoms with E-state index in [0.29, 0.717) is 64.4 Å². The smallest absolute Gasteiger partial charge is 0.324 e. The van der Waals surface area contributed by atoms with E-state index in [1.165, 1.54) is 5.01 Å². The number of hydrazine groups is 1. The zero-order valence-electron chi connectivity index (χ0n) is 46.8. The minimum Gasteiger partial charge on any atom is -0.593 e. The van der Waals surface area contributed by atoms with Gasteiger partial charge in [0.2, 0.25) is 11.8 Å². The maximum Gasteiger partial charge on any atom is 0.324 e. The average Bonchev–Trinajstić information content (AvgIpc) is 4.46. The van der Waals surface area contributed by atoms with E-state index >= 15 is 9.59 Å². The van der Waals surface area contributed by atoms with Gasteiger partial charge in [0, 0.05) is 79.7 Å². The number of amides is 3. The standard InChI is InChI=1S/C62H78N8O7S/c1-9-68-51-24-21-44-33-47(51)48(55(68)46-15-11-27-63-52(46)40(5)76-8)34-61(6,7)37-77-60(74)49-16-12-28-69(65-49)58(72)50(32-41-13-10-14-43(44)31-41)64-57(71)53(38(2)3)66-29-25-62(35-66)26-30-67(36-62)59(73)56-54(42-19-20-42)70(56)78(75)45-22-17-39(4)18-23-45/h10-11,13-15,17-18,21-24,27,31,33,38,40,42,49-50,53-54,56,65H,9,12,16,19-20,25-26,28-30,32,34-37H2,1-8H3,(H,64,71)/t40-,49-,50-,53-,54+,56+,62-,70?,78+/m0/s1. The van der Waals surface area contributed by atoms with Crippen LogP contribution in [0.2, 0.25) is 0 Å². The van der Waals surface area contributed by atoms with Crippen LogP contribution < -0.4 is 10.7 Å². The summed E-state index contributed by atoms with van der Waals surface area (Å²) in [6, 6.07) is 24.2. The SMILES string of the molecule is CCn1c(-c2cccnc2[C@H](C)OC)c2c3cc(ccc31)-c1cccc(c1)C[C@H](NC(=O)[C@H](C(C)C)N1CC[C@]3(CCN(C(=O)[C@H]4[C@@H](C5CC5)N4[S@+]([O-])c4ccc(C)cc4)C3)C1)C(=O)N1CCC[C@H](N1)C(=O)OCC(C)(C)C2. The summed E-state index contributed by atoms with van der Waals surface area (Å²) in [6.45, 7) is 18.4. The van der Waals surface area contributed by atoms with Crippen molar-refractivity contribution in [3.8, 4) is 22.4 Å². The third-order valence-corrected chi connectivity index (χ3v) is 19.2. The fourth-order valence-electron chi connectivity index (χ4n) is 13.4. The summed E-state index contributed by atoms with van der Waals surface area (Å²) in [4.78, 5) is 68.4. The van der Waals surface area contributed by atoms with E-state index in [9.17, 15) is 14.1 Å². The Morgan fingerprint density at radius 1 is 0.949 bits per heavy atom. The first-order chi connectivity index (χ1) is 37.5. The van der Waals surface area contributed by atoms with Gasteiger partial charge in [-0.15, -0.1) is 4.31 Å². The highest BCUT2D eigenvalue weighted by atomic mass is 32.2. The number of nitrogens with zero attached hydrogens (tertiary/aromatic N) is 6. The molecule has 2 aromatic heterocycles. The van der Waals surface area contributed by atoms with Crippen LogP contribution in [0.4, 0.5) is 0 Å². The summed E-state index contributed by atoms with van der Waals surface area (Å²) in [6.07, 6.45) is 7.29. The molecule has 16 heteroatoms. The zero-order chi connectivity index (χ0) is 54.8. The normalized spacial score (nSPS) is 26.7. The van der Waals surface area contributed by atoms with Crippen LogP contribution in [0.5, 0.6) is 0 Å². The van der Waals surface area contributed by atoms with Crippen molar-refractivity contribution in [2.75, 3.05) is 46.4 Å². The molecular formula is C62H78N8O7S. The quantitative estimate of drug-likeness (QED) is 0.0704. The molecule has 5 fully saturated rings. The number of likely N-dealkylation sites (tertiary alicyclic amines) is 2. The second-order valence-electron chi connectivity index (χ2n) is 24.5. The molecule has 9 atom stereocenters. The van der Waals surface area contributed by atoms with E-state index in [0.717, 1.165) is 86.3 Å². The topological polar surface area (TPSA) is 164 Å². The van der Waals surface area contributed by atoms with Crippen molar-refractivity contribution in [3.05, 3.63) is 107 Å². The van der Waals surface area contributed by atoms with Crippen molar-refractivity contribution in [2.45, 2.75) is 148 Å². The molecule has 6 aliphatic rings. The van der Waals surface area contributed by atoms with Crippen LogP contribution in [0, 0.1) is 29.6 Å². The molecule has 1 aliphatic carbocycles.